The standard InChI is InChI=1S/C18H16ClN3O/c1-21-16(13-6-3-2-4-7-13)11-22(18(21)20)12-17(23)14-8-5-9-15(19)10-14/h2-11,20H,12H2,1H3. The zero-order valence-corrected chi connectivity index (χ0v) is 13.4. The first-order valence-electron chi connectivity index (χ1n) is 7.21. The van der Waals surface area contributed by atoms with E-state index in [2.05, 4.69) is 0 Å². The number of Topliss-reactive ketones (excluding diaryl/α,β-unsaturated/α-hetero) is 1. The Kier molecular flexibility index (Phi) is 4.17. The fraction of sp³-hybridized carbons (Fsp3) is 0.111. The molecule has 23 heavy (non-hydrogen) atoms. The van der Waals surface area contributed by atoms with Gasteiger partial charge in [0.2, 0.25) is 5.62 Å². The van der Waals surface area contributed by atoms with Crippen molar-refractivity contribution < 1.29 is 4.79 Å². The molecule has 0 saturated heterocycles. The quantitative estimate of drug-likeness (QED) is 0.733. The molecule has 0 aliphatic rings. The van der Waals surface area contributed by atoms with Crippen LogP contribution in [0.5, 0.6) is 0 Å². The maximum atomic E-state index is 12.4. The van der Waals surface area contributed by atoms with E-state index in [1.54, 1.807) is 33.4 Å². The largest absolute Gasteiger partial charge is 0.314 e. The lowest BCUT2D eigenvalue weighted by molar-refractivity contribution is 0.0970. The molecule has 0 amide bonds. The lowest BCUT2D eigenvalue weighted by atomic mass is 10.1. The van der Waals surface area contributed by atoms with Crippen molar-refractivity contribution in [3.8, 4) is 11.3 Å². The van der Waals surface area contributed by atoms with E-state index in [0.717, 1.165) is 11.3 Å². The number of hydrogen-bond acceptors (Lipinski definition) is 2. The van der Waals surface area contributed by atoms with Crippen LogP contribution in [0.1, 0.15) is 10.4 Å². The molecule has 4 nitrogen and oxygen atoms in total. The van der Waals surface area contributed by atoms with Crippen molar-refractivity contribution in [2.75, 3.05) is 0 Å². The predicted octanol–water partition coefficient (Wildman–Crippen LogP) is 3.51. The van der Waals surface area contributed by atoms with Crippen molar-refractivity contribution in [3.05, 3.63) is 77.0 Å². The third kappa shape index (κ3) is 3.12. The van der Waals surface area contributed by atoms with Gasteiger partial charge in [0.05, 0.1) is 12.2 Å². The lowest BCUT2D eigenvalue weighted by Crippen LogP contribution is -2.25. The van der Waals surface area contributed by atoms with E-state index in [9.17, 15) is 4.79 Å². The lowest BCUT2D eigenvalue weighted by Gasteiger charge is -2.02. The Balaban J connectivity index is 1.93. The Bertz CT molecular complexity index is 910. The van der Waals surface area contributed by atoms with Crippen LogP contribution in [0.15, 0.2) is 60.8 Å². The Morgan fingerprint density at radius 2 is 1.87 bits per heavy atom. The van der Waals surface area contributed by atoms with E-state index < -0.39 is 0 Å². The summed E-state index contributed by atoms with van der Waals surface area (Å²) >= 11 is 5.93. The second-order valence-corrected chi connectivity index (χ2v) is 5.76. The third-order valence-electron chi connectivity index (χ3n) is 3.76. The highest BCUT2D eigenvalue weighted by atomic mass is 35.5. The maximum absolute atomic E-state index is 12.4. The Morgan fingerprint density at radius 3 is 2.57 bits per heavy atom. The predicted molar refractivity (Wildman–Crippen MR) is 90.5 cm³/mol. The molecule has 1 N–H and O–H groups in total. The van der Waals surface area contributed by atoms with Crippen molar-refractivity contribution in [1.29, 1.82) is 5.41 Å². The molecule has 0 bridgehead atoms. The first-order chi connectivity index (χ1) is 11.1. The molecule has 0 fully saturated rings. The monoisotopic (exact) mass is 325 g/mol. The molecule has 0 atom stereocenters. The van der Waals surface area contributed by atoms with Gasteiger partial charge < -0.3 is 9.13 Å². The van der Waals surface area contributed by atoms with Gasteiger partial charge in [-0.1, -0.05) is 54.1 Å². The van der Waals surface area contributed by atoms with Crippen molar-refractivity contribution in [2.45, 2.75) is 6.54 Å². The molecule has 3 aromatic rings. The Hall–Kier alpha value is -2.59. The summed E-state index contributed by atoms with van der Waals surface area (Å²) in [6.07, 6.45) is 1.83. The van der Waals surface area contributed by atoms with E-state index in [1.165, 1.54) is 0 Å². The summed E-state index contributed by atoms with van der Waals surface area (Å²) in [6.45, 7) is 0.111. The van der Waals surface area contributed by atoms with Crippen molar-refractivity contribution in [1.82, 2.24) is 9.13 Å². The number of nitrogens with one attached hydrogen (secondary N) is 1. The molecular weight excluding hydrogens is 310 g/mol. The topological polar surface area (TPSA) is 50.8 Å². The van der Waals surface area contributed by atoms with Crippen LogP contribution in [0.25, 0.3) is 11.3 Å². The fourth-order valence-corrected chi connectivity index (χ4v) is 2.70. The smallest absolute Gasteiger partial charge is 0.202 e. The molecule has 116 valence electrons. The molecule has 5 heteroatoms. The average molecular weight is 326 g/mol. The number of hydrogen-bond donors (Lipinski definition) is 1. The van der Waals surface area contributed by atoms with E-state index in [-0.39, 0.29) is 17.9 Å². The second-order valence-electron chi connectivity index (χ2n) is 5.32. The number of nitrogens with zero attached hydrogens (tertiary/aromatic N) is 2. The summed E-state index contributed by atoms with van der Waals surface area (Å²) < 4.78 is 3.41. The van der Waals surface area contributed by atoms with Crippen LogP contribution in [0.3, 0.4) is 0 Å². The number of rotatable bonds is 4. The van der Waals surface area contributed by atoms with E-state index >= 15 is 0 Å². The van der Waals surface area contributed by atoms with Crippen LogP contribution >= 0.6 is 11.6 Å². The molecule has 0 aliphatic carbocycles. The van der Waals surface area contributed by atoms with Gasteiger partial charge in [0.25, 0.3) is 0 Å². The average Bonchev–Trinajstić information content (AvgIpc) is 2.84. The molecule has 1 aromatic heterocycles. The van der Waals surface area contributed by atoms with Gasteiger partial charge in [-0.15, -0.1) is 0 Å². The SMILES string of the molecule is Cn1c(-c2ccccc2)cn(CC(=O)c2cccc(Cl)c2)c1=N. The molecule has 0 spiro atoms. The number of aromatic nitrogens is 2. The van der Waals surface area contributed by atoms with Crippen LogP contribution in [-0.2, 0) is 13.6 Å². The summed E-state index contributed by atoms with van der Waals surface area (Å²) in [5.74, 6) is -0.0730. The minimum absolute atomic E-state index is 0.0730. The molecule has 0 radical (unpaired) electrons. The van der Waals surface area contributed by atoms with Gasteiger partial charge in [-0.05, 0) is 17.7 Å². The van der Waals surface area contributed by atoms with Gasteiger partial charge in [-0.25, -0.2) is 0 Å². The fourth-order valence-electron chi connectivity index (χ4n) is 2.51. The minimum atomic E-state index is -0.0730. The minimum Gasteiger partial charge on any atom is -0.314 e. The molecule has 0 saturated carbocycles. The van der Waals surface area contributed by atoms with Crippen LogP contribution in [0.4, 0.5) is 0 Å². The maximum Gasteiger partial charge on any atom is 0.202 e. The summed E-state index contributed by atoms with van der Waals surface area (Å²) in [6, 6.07) is 16.7. The number of benzene rings is 2. The second kappa shape index (κ2) is 6.26. The highest BCUT2D eigenvalue weighted by Crippen LogP contribution is 2.17. The van der Waals surface area contributed by atoms with Crippen LogP contribution < -0.4 is 5.62 Å². The van der Waals surface area contributed by atoms with Crippen molar-refractivity contribution in [3.63, 3.8) is 0 Å². The first-order valence-corrected chi connectivity index (χ1v) is 7.59. The Labute approximate surface area is 139 Å². The normalized spacial score (nSPS) is 10.7. The van der Waals surface area contributed by atoms with Crippen LogP contribution in [0.2, 0.25) is 5.02 Å². The number of ketones is 1. The third-order valence-corrected chi connectivity index (χ3v) is 3.99. The van der Waals surface area contributed by atoms with Gasteiger partial charge in [0.15, 0.2) is 5.78 Å². The molecule has 0 unspecified atom stereocenters. The van der Waals surface area contributed by atoms with Crippen molar-refractivity contribution >= 4 is 17.4 Å². The van der Waals surface area contributed by atoms with Gasteiger partial charge in [-0.2, -0.15) is 0 Å². The highest BCUT2D eigenvalue weighted by molar-refractivity contribution is 6.31. The molecule has 2 aromatic carbocycles. The van der Waals surface area contributed by atoms with E-state index in [1.807, 2.05) is 43.6 Å². The van der Waals surface area contributed by atoms with Crippen molar-refractivity contribution in [2.24, 2.45) is 7.05 Å². The molecule has 0 aliphatic heterocycles. The number of imidazole rings is 1. The molecule has 3 rings (SSSR count). The summed E-state index contributed by atoms with van der Waals surface area (Å²) in [5.41, 5.74) is 2.74. The first kappa shape index (κ1) is 15.3. The number of halogens is 1. The molecular formula is C18H16ClN3O. The summed E-state index contributed by atoms with van der Waals surface area (Å²) in [7, 11) is 1.82. The zero-order chi connectivity index (χ0) is 16.4. The van der Waals surface area contributed by atoms with E-state index in [4.69, 9.17) is 17.0 Å². The van der Waals surface area contributed by atoms with Gasteiger partial charge >= 0.3 is 0 Å². The van der Waals surface area contributed by atoms with Gasteiger partial charge in [-0.3, -0.25) is 10.2 Å². The van der Waals surface area contributed by atoms with Crippen LogP contribution in [-0.4, -0.2) is 14.9 Å². The van der Waals surface area contributed by atoms with Gasteiger partial charge in [0, 0.05) is 23.8 Å². The van der Waals surface area contributed by atoms with Crippen LogP contribution in [0, 0.1) is 5.41 Å². The number of carbonyl (C=O) groups excluding carboxylic acids is 1. The Morgan fingerprint density at radius 1 is 1.13 bits per heavy atom. The summed E-state index contributed by atoms with van der Waals surface area (Å²) in [4.78, 5) is 12.4. The van der Waals surface area contributed by atoms with Gasteiger partial charge in [0.1, 0.15) is 0 Å². The number of carbonyl (C=O) groups is 1. The summed E-state index contributed by atoms with van der Waals surface area (Å²) in [5, 5.41) is 8.74. The highest BCUT2D eigenvalue weighted by Gasteiger charge is 2.12. The zero-order valence-electron chi connectivity index (χ0n) is 12.7. The van der Waals surface area contributed by atoms with E-state index in [0.29, 0.717) is 10.6 Å². The molecule has 1 heterocycles.